The van der Waals surface area contributed by atoms with Crippen molar-refractivity contribution in [3.63, 3.8) is 0 Å². The van der Waals surface area contributed by atoms with Gasteiger partial charge in [-0.25, -0.2) is 4.79 Å². The molecule has 3 rings (SSSR count). The van der Waals surface area contributed by atoms with Crippen LogP contribution in [0.15, 0.2) is 40.7 Å². The number of nitrogens with one attached hydrogen (secondary N) is 1. The van der Waals surface area contributed by atoms with Crippen LogP contribution in [0, 0.1) is 0 Å². The zero-order valence-electron chi connectivity index (χ0n) is 18.0. The van der Waals surface area contributed by atoms with Crippen LogP contribution in [0.2, 0.25) is 0 Å². The number of allylic oxidation sites excluding steroid dienone is 3. The highest BCUT2D eigenvalue weighted by Gasteiger charge is 2.40. The highest BCUT2D eigenvalue weighted by molar-refractivity contribution is 7.99. The number of hydrogen-bond donors (Lipinski definition) is 1. The molecular weight excluding hydrogens is 402 g/mol. The Morgan fingerprint density at radius 3 is 2.73 bits per heavy atom. The molecule has 0 aromatic heterocycles. The molecule has 30 heavy (non-hydrogen) atoms. The lowest BCUT2D eigenvalue weighted by Gasteiger charge is -2.34. The van der Waals surface area contributed by atoms with Crippen molar-refractivity contribution in [3.8, 4) is 11.5 Å². The molecule has 0 saturated heterocycles. The van der Waals surface area contributed by atoms with Crippen LogP contribution in [0.4, 0.5) is 0 Å². The van der Waals surface area contributed by atoms with Gasteiger partial charge < -0.3 is 19.5 Å². The molecule has 0 bridgehead atoms. The predicted octanol–water partition coefficient (Wildman–Crippen LogP) is 3.97. The molecule has 1 heterocycles. The number of ether oxygens (including phenoxy) is 3. The molecule has 1 aromatic rings. The number of Topliss-reactive ketones (excluding diaryl/α,β-unsaturated/α-hetero) is 1. The summed E-state index contributed by atoms with van der Waals surface area (Å²) in [5, 5.41) is 3.31. The van der Waals surface area contributed by atoms with Crippen LogP contribution in [0.1, 0.15) is 44.6 Å². The lowest BCUT2D eigenvalue weighted by Crippen LogP contribution is -2.34. The molecule has 0 amide bonds. The van der Waals surface area contributed by atoms with Gasteiger partial charge in [0.25, 0.3) is 0 Å². The van der Waals surface area contributed by atoms with Crippen molar-refractivity contribution in [2.24, 2.45) is 0 Å². The summed E-state index contributed by atoms with van der Waals surface area (Å²) in [5.41, 5.74) is 3.49. The van der Waals surface area contributed by atoms with Gasteiger partial charge in [0.05, 0.1) is 25.7 Å². The van der Waals surface area contributed by atoms with Crippen molar-refractivity contribution in [1.29, 1.82) is 0 Å². The molecule has 1 N–H and O–H groups in total. The van der Waals surface area contributed by atoms with E-state index in [2.05, 4.69) is 12.2 Å². The Labute approximate surface area is 182 Å². The molecule has 0 spiro atoms. The first-order valence-electron chi connectivity index (χ1n) is 10.2. The number of thioether (sulfide) groups is 1. The lowest BCUT2D eigenvalue weighted by molar-refractivity contribution is -0.138. The highest BCUT2D eigenvalue weighted by atomic mass is 32.2. The van der Waals surface area contributed by atoms with Gasteiger partial charge in [-0.1, -0.05) is 13.0 Å². The quantitative estimate of drug-likeness (QED) is 0.493. The van der Waals surface area contributed by atoms with Gasteiger partial charge in [0.1, 0.15) is 18.1 Å². The average Bonchev–Trinajstić information content (AvgIpc) is 2.75. The van der Waals surface area contributed by atoms with E-state index in [1.807, 2.05) is 19.1 Å². The maximum absolute atomic E-state index is 13.1. The third kappa shape index (κ3) is 4.51. The van der Waals surface area contributed by atoms with Crippen LogP contribution < -0.4 is 14.8 Å². The third-order valence-corrected chi connectivity index (χ3v) is 6.28. The van der Waals surface area contributed by atoms with Crippen LogP contribution in [0.3, 0.4) is 0 Å². The normalized spacial score (nSPS) is 18.7. The van der Waals surface area contributed by atoms with Crippen LogP contribution in [0.25, 0.3) is 0 Å². The Balaban J connectivity index is 2.07. The number of dihydropyridines is 1. The van der Waals surface area contributed by atoms with E-state index in [0.29, 0.717) is 35.7 Å². The molecule has 6 nitrogen and oxygen atoms in total. The Morgan fingerprint density at radius 2 is 2.03 bits per heavy atom. The summed E-state index contributed by atoms with van der Waals surface area (Å²) >= 11 is 1.72. The largest absolute Gasteiger partial charge is 0.497 e. The maximum atomic E-state index is 13.1. The van der Waals surface area contributed by atoms with Crippen molar-refractivity contribution in [2.75, 3.05) is 32.3 Å². The summed E-state index contributed by atoms with van der Waals surface area (Å²) in [5.74, 6) is 2.07. The van der Waals surface area contributed by atoms with Crippen molar-refractivity contribution < 1.29 is 23.8 Å². The summed E-state index contributed by atoms with van der Waals surface area (Å²) in [6, 6.07) is 5.47. The van der Waals surface area contributed by atoms with E-state index in [1.165, 1.54) is 0 Å². The lowest BCUT2D eigenvalue weighted by atomic mass is 9.75. The number of methoxy groups -OCH3 is 2. The standard InChI is InChI=1S/C23H29NO5S/c1-5-30-12-11-29-23(26)20-14(2)24-17-7-6-8-18(25)22(17)21(20)16-10-9-15(27-3)13-19(16)28-4/h9-10,13,21,24H,5-8,11-12H2,1-4H3. The van der Waals surface area contributed by atoms with E-state index < -0.39 is 11.9 Å². The molecule has 1 aliphatic carbocycles. The Bertz CT molecular complexity index is 890. The summed E-state index contributed by atoms with van der Waals surface area (Å²) in [7, 11) is 3.17. The van der Waals surface area contributed by atoms with Crippen LogP contribution in [-0.2, 0) is 14.3 Å². The summed E-state index contributed by atoms with van der Waals surface area (Å²) in [6.07, 6.45) is 2.06. The monoisotopic (exact) mass is 431 g/mol. The predicted molar refractivity (Wildman–Crippen MR) is 118 cm³/mol. The summed E-state index contributed by atoms with van der Waals surface area (Å²) < 4.78 is 16.5. The molecule has 1 aromatic carbocycles. The van der Waals surface area contributed by atoms with Crippen molar-refractivity contribution in [1.82, 2.24) is 5.32 Å². The van der Waals surface area contributed by atoms with Gasteiger partial charge >= 0.3 is 5.97 Å². The van der Waals surface area contributed by atoms with Gasteiger partial charge in [-0.2, -0.15) is 11.8 Å². The average molecular weight is 432 g/mol. The van der Waals surface area contributed by atoms with Gasteiger partial charge in [0.15, 0.2) is 5.78 Å². The highest BCUT2D eigenvalue weighted by Crippen LogP contribution is 2.45. The molecule has 1 unspecified atom stereocenters. The van der Waals surface area contributed by atoms with Crippen LogP contribution in [-0.4, -0.2) is 44.1 Å². The first kappa shape index (κ1) is 22.3. The maximum Gasteiger partial charge on any atom is 0.336 e. The van der Waals surface area contributed by atoms with E-state index in [4.69, 9.17) is 14.2 Å². The van der Waals surface area contributed by atoms with Crippen LogP contribution >= 0.6 is 11.8 Å². The zero-order valence-corrected chi connectivity index (χ0v) is 18.8. The first-order valence-corrected chi connectivity index (χ1v) is 11.4. The second-order valence-corrected chi connectivity index (χ2v) is 8.60. The molecule has 0 radical (unpaired) electrons. The fraction of sp³-hybridized carbons (Fsp3) is 0.478. The van der Waals surface area contributed by atoms with Crippen molar-refractivity contribution in [2.45, 2.75) is 39.0 Å². The number of benzene rings is 1. The Morgan fingerprint density at radius 1 is 1.23 bits per heavy atom. The minimum atomic E-state index is -0.527. The van der Waals surface area contributed by atoms with Crippen LogP contribution in [0.5, 0.6) is 11.5 Å². The molecule has 1 atom stereocenters. The minimum absolute atomic E-state index is 0.0611. The van der Waals surface area contributed by atoms with Gasteiger partial charge in [-0.15, -0.1) is 0 Å². The van der Waals surface area contributed by atoms with Gasteiger partial charge in [0.2, 0.25) is 0 Å². The molecule has 1 aliphatic heterocycles. The summed E-state index contributed by atoms with van der Waals surface area (Å²) in [6.45, 7) is 4.27. The number of carbonyl (C=O) groups excluding carboxylic acids is 2. The smallest absolute Gasteiger partial charge is 0.336 e. The van der Waals surface area contributed by atoms with E-state index in [1.54, 1.807) is 32.0 Å². The fourth-order valence-electron chi connectivity index (χ4n) is 4.04. The number of carbonyl (C=O) groups is 2. The molecule has 2 aliphatic rings. The second kappa shape index (κ2) is 10.1. The molecule has 7 heteroatoms. The molecular formula is C23H29NO5S. The minimum Gasteiger partial charge on any atom is -0.497 e. The Kier molecular flexibility index (Phi) is 7.48. The molecule has 0 saturated carbocycles. The van der Waals surface area contributed by atoms with E-state index in [0.717, 1.165) is 41.3 Å². The van der Waals surface area contributed by atoms with Gasteiger partial charge in [-0.3, -0.25) is 4.79 Å². The van der Waals surface area contributed by atoms with E-state index in [9.17, 15) is 9.59 Å². The number of ketones is 1. The van der Waals surface area contributed by atoms with Gasteiger partial charge in [-0.05, 0) is 31.6 Å². The molecule has 162 valence electrons. The Hall–Kier alpha value is -2.41. The fourth-order valence-corrected chi connectivity index (χ4v) is 4.53. The van der Waals surface area contributed by atoms with E-state index in [-0.39, 0.29) is 5.78 Å². The third-order valence-electron chi connectivity index (χ3n) is 5.41. The second-order valence-electron chi connectivity index (χ2n) is 7.21. The number of esters is 1. The first-order chi connectivity index (χ1) is 14.5. The number of rotatable bonds is 8. The SMILES string of the molecule is CCSCCOC(=O)C1=C(C)NC2=C(C(=O)CCC2)C1c1ccc(OC)cc1OC. The van der Waals surface area contributed by atoms with Crippen molar-refractivity contribution >= 4 is 23.5 Å². The van der Waals surface area contributed by atoms with E-state index >= 15 is 0 Å². The summed E-state index contributed by atoms with van der Waals surface area (Å²) in [4.78, 5) is 26.1. The zero-order chi connectivity index (χ0) is 21.7. The van der Waals surface area contributed by atoms with Crippen molar-refractivity contribution in [3.05, 3.63) is 46.3 Å². The van der Waals surface area contributed by atoms with Gasteiger partial charge in [0, 0.05) is 40.8 Å². The topological polar surface area (TPSA) is 73.9 Å². The molecule has 0 fully saturated rings. The number of hydrogen-bond acceptors (Lipinski definition) is 7.